The Kier molecular flexibility index (Phi) is 2.76. The fourth-order valence-corrected chi connectivity index (χ4v) is 2.34. The number of hydrogen-bond donors (Lipinski definition) is 2. The molecule has 2 unspecified atom stereocenters. The van der Waals surface area contributed by atoms with Gasteiger partial charge in [-0.3, -0.25) is 9.89 Å². The van der Waals surface area contributed by atoms with Gasteiger partial charge < -0.3 is 10.1 Å². The highest BCUT2D eigenvalue weighted by Crippen LogP contribution is 2.24. The first-order valence-electron chi connectivity index (χ1n) is 6.11. The molecular weight excluding hydrogens is 230 g/mol. The third-order valence-electron chi connectivity index (χ3n) is 3.42. The van der Waals surface area contributed by atoms with Crippen LogP contribution >= 0.6 is 0 Å². The van der Waals surface area contributed by atoms with Crippen LogP contribution in [-0.2, 0) is 9.53 Å². The topological polar surface area (TPSA) is 67.0 Å². The summed E-state index contributed by atoms with van der Waals surface area (Å²) in [7, 11) is 0. The Bertz CT molecular complexity index is 578. The first-order chi connectivity index (χ1) is 8.75. The molecular formula is C13H15N3O2. The zero-order valence-electron chi connectivity index (χ0n) is 10.1. The van der Waals surface area contributed by atoms with Crippen molar-refractivity contribution in [3.63, 3.8) is 0 Å². The SMILES string of the molecule is CC1OCCC1C(=O)Nc1n[nH]c2ccccc12. The summed E-state index contributed by atoms with van der Waals surface area (Å²) < 4.78 is 5.40. The zero-order valence-corrected chi connectivity index (χ0v) is 10.1. The van der Waals surface area contributed by atoms with Crippen molar-refractivity contribution in [1.29, 1.82) is 0 Å². The highest BCUT2D eigenvalue weighted by molar-refractivity contribution is 6.00. The molecule has 5 nitrogen and oxygen atoms in total. The standard InChI is InChI=1S/C13H15N3O2/c1-8-9(6-7-18-8)13(17)14-12-10-4-2-3-5-11(10)15-16-12/h2-5,8-9H,6-7H2,1H3,(H2,14,15,16,17). The van der Waals surface area contributed by atoms with Crippen LogP contribution in [0.2, 0.25) is 0 Å². The molecule has 0 aliphatic carbocycles. The smallest absolute Gasteiger partial charge is 0.231 e. The monoisotopic (exact) mass is 245 g/mol. The molecule has 0 bridgehead atoms. The molecule has 1 aromatic heterocycles. The van der Waals surface area contributed by atoms with Gasteiger partial charge >= 0.3 is 0 Å². The fourth-order valence-electron chi connectivity index (χ4n) is 2.34. The van der Waals surface area contributed by atoms with Crippen LogP contribution in [0, 0.1) is 5.92 Å². The van der Waals surface area contributed by atoms with Crippen LogP contribution in [0.25, 0.3) is 10.9 Å². The molecule has 18 heavy (non-hydrogen) atoms. The van der Waals surface area contributed by atoms with E-state index in [1.165, 1.54) is 0 Å². The Hall–Kier alpha value is -1.88. The van der Waals surface area contributed by atoms with Crippen molar-refractivity contribution in [1.82, 2.24) is 10.2 Å². The van der Waals surface area contributed by atoms with Gasteiger partial charge in [0.2, 0.25) is 5.91 Å². The molecule has 1 saturated heterocycles. The zero-order chi connectivity index (χ0) is 12.5. The minimum absolute atomic E-state index is 0.0164. The summed E-state index contributed by atoms with van der Waals surface area (Å²) in [5.41, 5.74) is 0.920. The molecule has 2 aromatic rings. The van der Waals surface area contributed by atoms with Gasteiger partial charge in [0.05, 0.1) is 17.5 Å². The number of carbonyl (C=O) groups excluding carboxylic acids is 1. The van der Waals surface area contributed by atoms with Crippen molar-refractivity contribution in [3.05, 3.63) is 24.3 Å². The van der Waals surface area contributed by atoms with Crippen molar-refractivity contribution in [2.75, 3.05) is 11.9 Å². The van der Waals surface area contributed by atoms with Crippen molar-refractivity contribution in [2.24, 2.45) is 5.92 Å². The third kappa shape index (κ3) is 1.86. The Morgan fingerprint density at radius 3 is 3.11 bits per heavy atom. The number of anilines is 1. The highest BCUT2D eigenvalue weighted by Gasteiger charge is 2.31. The Morgan fingerprint density at radius 2 is 2.33 bits per heavy atom. The van der Waals surface area contributed by atoms with Crippen molar-refractivity contribution >= 4 is 22.6 Å². The number of aromatic amines is 1. The van der Waals surface area contributed by atoms with Crippen LogP contribution in [-0.4, -0.2) is 28.8 Å². The van der Waals surface area contributed by atoms with E-state index in [2.05, 4.69) is 15.5 Å². The van der Waals surface area contributed by atoms with Gasteiger partial charge in [-0.1, -0.05) is 12.1 Å². The Labute approximate surface area is 105 Å². The van der Waals surface area contributed by atoms with Crippen LogP contribution in [0.5, 0.6) is 0 Å². The summed E-state index contributed by atoms with van der Waals surface area (Å²) in [5, 5.41) is 10.8. The average Bonchev–Trinajstić information content (AvgIpc) is 2.97. The summed E-state index contributed by atoms with van der Waals surface area (Å²) >= 11 is 0. The molecule has 1 aliphatic heterocycles. The summed E-state index contributed by atoms with van der Waals surface area (Å²) in [6.45, 7) is 2.58. The maximum Gasteiger partial charge on any atom is 0.231 e. The lowest BCUT2D eigenvalue weighted by Gasteiger charge is -2.12. The number of rotatable bonds is 2. The number of ether oxygens (including phenoxy) is 1. The molecule has 5 heteroatoms. The lowest BCUT2D eigenvalue weighted by molar-refractivity contribution is -0.121. The number of carbonyl (C=O) groups is 1. The summed E-state index contributed by atoms with van der Waals surface area (Å²) in [4.78, 5) is 12.1. The van der Waals surface area contributed by atoms with E-state index in [0.29, 0.717) is 12.4 Å². The first-order valence-corrected chi connectivity index (χ1v) is 6.11. The van der Waals surface area contributed by atoms with Crippen LogP contribution in [0.15, 0.2) is 24.3 Å². The first kappa shape index (κ1) is 11.2. The molecule has 1 fully saturated rings. The predicted molar refractivity (Wildman–Crippen MR) is 68.2 cm³/mol. The number of benzene rings is 1. The van der Waals surface area contributed by atoms with Crippen LogP contribution in [0.3, 0.4) is 0 Å². The molecule has 1 aromatic carbocycles. The lowest BCUT2D eigenvalue weighted by Crippen LogP contribution is -2.27. The molecule has 2 N–H and O–H groups in total. The quantitative estimate of drug-likeness (QED) is 0.849. The Morgan fingerprint density at radius 1 is 1.50 bits per heavy atom. The van der Waals surface area contributed by atoms with Crippen LogP contribution < -0.4 is 5.32 Å². The van der Waals surface area contributed by atoms with E-state index in [1.807, 2.05) is 31.2 Å². The van der Waals surface area contributed by atoms with E-state index in [4.69, 9.17) is 4.74 Å². The van der Waals surface area contributed by atoms with Gasteiger partial charge in [0.15, 0.2) is 5.82 Å². The van der Waals surface area contributed by atoms with E-state index in [-0.39, 0.29) is 17.9 Å². The third-order valence-corrected chi connectivity index (χ3v) is 3.42. The predicted octanol–water partition coefficient (Wildman–Crippen LogP) is 1.93. The minimum atomic E-state index is -0.0829. The summed E-state index contributed by atoms with van der Waals surface area (Å²) in [6, 6.07) is 7.72. The molecule has 0 spiro atoms. The number of amides is 1. The van der Waals surface area contributed by atoms with Crippen LogP contribution in [0.1, 0.15) is 13.3 Å². The molecule has 1 aliphatic rings. The number of fused-ring (bicyclic) bond motifs is 1. The van der Waals surface area contributed by atoms with Crippen molar-refractivity contribution in [2.45, 2.75) is 19.4 Å². The molecule has 94 valence electrons. The fraction of sp³-hybridized carbons (Fsp3) is 0.385. The van der Waals surface area contributed by atoms with Crippen molar-refractivity contribution in [3.8, 4) is 0 Å². The number of hydrogen-bond acceptors (Lipinski definition) is 3. The molecule has 1 amide bonds. The maximum absolute atomic E-state index is 12.1. The number of nitrogens with zero attached hydrogens (tertiary/aromatic N) is 1. The van der Waals surface area contributed by atoms with Gasteiger partial charge in [-0.25, -0.2) is 0 Å². The maximum atomic E-state index is 12.1. The van der Waals surface area contributed by atoms with Crippen LogP contribution in [0.4, 0.5) is 5.82 Å². The van der Waals surface area contributed by atoms with Gasteiger partial charge in [-0.05, 0) is 25.5 Å². The van der Waals surface area contributed by atoms with E-state index >= 15 is 0 Å². The second-order valence-corrected chi connectivity index (χ2v) is 4.58. The molecule has 2 heterocycles. The van der Waals surface area contributed by atoms with Gasteiger partial charge in [0.1, 0.15) is 0 Å². The number of para-hydroxylation sites is 1. The van der Waals surface area contributed by atoms with Gasteiger partial charge in [-0.2, -0.15) is 5.10 Å². The minimum Gasteiger partial charge on any atom is -0.378 e. The van der Waals surface area contributed by atoms with Gasteiger partial charge in [-0.15, -0.1) is 0 Å². The normalized spacial score (nSPS) is 23.4. The van der Waals surface area contributed by atoms with E-state index in [0.717, 1.165) is 17.3 Å². The molecule has 0 radical (unpaired) electrons. The Balaban J connectivity index is 1.82. The molecule has 3 rings (SSSR count). The molecule has 2 atom stereocenters. The number of H-pyrrole nitrogens is 1. The summed E-state index contributed by atoms with van der Waals surface area (Å²) in [6.07, 6.45) is 0.755. The lowest BCUT2D eigenvalue weighted by atomic mass is 10.0. The van der Waals surface area contributed by atoms with E-state index < -0.39 is 0 Å². The summed E-state index contributed by atoms with van der Waals surface area (Å²) in [5.74, 6) is 0.493. The average molecular weight is 245 g/mol. The van der Waals surface area contributed by atoms with E-state index in [1.54, 1.807) is 0 Å². The highest BCUT2D eigenvalue weighted by atomic mass is 16.5. The second kappa shape index (κ2) is 4.42. The van der Waals surface area contributed by atoms with Crippen molar-refractivity contribution < 1.29 is 9.53 Å². The van der Waals surface area contributed by atoms with Gasteiger partial charge in [0.25, 0.3) is 0 Å². The number of nitrogens with one attached hydrogen (secondary N) is 2. The van der Waals surface area contributed by atoms with E-state index in [9.17, 15) is 4.79 Å². The van der Waals surface area contributed by atoms with Gasteiger partial charge in [0, 0.05) is 12.0 Å². The number of aromatic nitrogens is 2. The largest absolute Gasteiger partial charge is 0.378 e. The molecule has 0 saturated carbocycles. The second-order valence-electron chi connectivity index (χ2n) is 4.58.